The minimum absolute atomic E-state index is 0.287. The maximum atomic E-state index is 12.0. The van der Waals surface area contributed by atoms with Crippen molar-refractivity contribution in [2.75, 3.05) is 24.9 Å². The van der Waals surface area contributed by atoms with Crippen LogP contribution < -0.4 is 20.1 Å². The van der Waals surface area contributed by atoms with Gasteiger partial charge in [-0.05, 0) is 36.4 Å². The number of benzene rings is 2. The summed E-state index contributed by atoms with van der Waals surface area (Å²) < 4.78 is 11.2. The highest BCUT2D eigenvalue weighted by Crippen LogP contribution is 2.29. The number of methoxy groups -OCH3 is 2. The molecule has 0 aromatic heterocycles. The van der Waals surface area contributed by atoms with Crippen molar-refractivity contribution in [1.29, 1.82) is 0 Å². The van der Waals surface area contributed by atoms with Crippen LogP contribution >= 0.6 is 15.9 Å². The molecule has 0 aliphatic heterocycles. The molecule has 126 valence electrons. The molecular formula is C17H17BrN2O4. The molecule has 2 amide bonds. The molecule has 0 saturated heterocycles. The van der Waals surface area contributed by atoms with Gasteiger partial charge in [0.25, 0.3) is 0 Å². The summed E-state index contributed by atoms with van der Waals surface area (Å²) in [7, 11) is 3.04. The predicted octanol–water partition coefficient (Wildman–Crippen LogP) is 3.43. The minimum Gasteiger partial charge on any atom is -0.493 e. The molecule has 24 heavy (non-hydrogen) atoms. The third-order valence-electron chi connectivity index (χ3n) is 3.12. The second-order valence-electron chi connectivity index (χ2n) is 4.85. The van der Waals surface area contributed by atoms with E-state index in [-0.39, 0.29) is 6.42 Å². The largest absolute Gasteiger partial charge is 0.493 e. The van der Waals surface area contributed by atoms with Gasteiger partial charge in [-0.1, -0.05) is 15.9 Å². The molecule has 0 bridgehead atoms. The maximum Gasteiger partial charge on any atom is 0.233 e. The van der Waals surface area contributed by atoms with Gasteiger partial charge < -0.3 is 20.1 Å². The van der Waals surface area contributed by atoms with Crippen LogP contribution in [0.3, 0.4) is 0 Å². The van der Waals surface area contributed by atoms with Crippen LogP contribution in [0.2, 0.25) is 0 Å². The number of nitrogens with one attached hydrogen (secondary N) is 2. The molecule has 2 rings (SSSR count). The lowest BCUT2D eigenvalue weighted by molar-refractivity contribution is -0.123. The Kier molecular flexibility index (Phi) is 6.20. The van der Waals surface area contributed by atoms with Crippen molar-refractivity contribution in [3.8, 4) is 11.5 Å². The Morgan fingerprint density at radius 3 is 2.00 bits per heavy atom. The quantitative estimate of drug-likeness (QED) is 0.738. The zero-order valence-corrected chi connectivity index (χ0v) is 14.8. The van der Waals surface area contributed by atoms with E-state index in [1.165, 1.54) is 14.2 Å². The third kappa shape index (κ3) is 4.99. The lowest BCUT2D eigenvalue weighted by Crippen LogP contribution is -2.21. The number of rotatable bonds is 6. The van der Waals surface area contributed by atoms with E-state index < -0.39 is 11.8 Å². The number of carbonyl (C=O) groups excluding carboxylic acids is 2. The van der Waals surface area contributed by atoms with Gasteiger partial charge >= 0.3 is 0 Å². The summed E-state index contributed by atoms with van der Waals surface area (Å²) in [4.78, 5) is 23.9. The molecule has 2 aromatic carbocycles. The fourth-order valence-corrected chi connectivity index (χ4v) is 2.27. The molecule has 0 atom stereocenters. The molecule has 0 heterocycles. The highest BCUT2D eigenvalue weighted by molar-refractivity contribution is 9.10. The molecule has 0 unspecified atom stereocenters. The van der Waals surface area contributed by atoms with Gasteiger partial charge in [-0.15, -0.1) is 0 Å². The van der Waals surface area contributed by atoms with Gasteiger partial charge in [-0.3, -0.25) is 9.59 Å². The molecule has 6 nitrogen and oxygen atoms in total. The van der Waals surface area contributed by atoms with Crippen molar-refractivity contribution in [2.45, 2.75) is 6.42 Å². The molecule has 0 aliphatic carbocycles. The molecule has 2 N–H and O–H groups in total. The molecule has 2 aromatic rings. The second kappa shape index (κ2) is 8.35. The average Bonchev–Trinajstić information content (AvgIpc) is 2.56. The fourth-order valence-electron chi connectivity index (χ4n) is 2.00. The number of amides is 2. The highest BCUT2D eigenvalue weighted by Gasteiger charge is 2.12. The van der Waals surface area contributed by atoms with Gasteiger partial charge in [0, 0.05) is 21.9 Å². The number of ether oxygens (including phenoxy) is 2. The van der Waals surface area contributed by atoms with Crippen LogP contribution in [0.1, 0.15) is 6.42 Å². The summed E-state index contributed by atoms with van der Waals surface area (Å²) >= 11 is 3.31. The van der Waals surface area contributed by atoms with E-state index in [1.54, 1.807) is 42.5 Å². The number of halogens is 1. The summed E-state index contributed by atoms with van der Waals surface area (Å²) in [6, 6.07) is 12.1. The summed E-state index contributed by atoms with van der Waals surface area (Å²) in [6.07, 6.45) is -0.287. The highest BCUT2D eigenvalue weighted by atomic mass is 79.9. The Balaban J connectivity index is 1.92. The number of hydrogen-bond acceptors (Lipinski definition) is 4. The Labute approximate surface area is 148 Å². The van der Waals surface area contributed by atoms with Gasteiger partial charge in [0.2, 0.25) is 11.8 Å². The monoisotopic (exact) mass is 392 g/mol. The van der Waals surface area contributed by atoms with E-state index in [2.05, 4.69) is 26.6 Å². The van der Waals surface area contributed by atoms with E-state index in [1.807, 2.05) is 0 Å². The van der Waals surface area contributed by atoms with E-state index in [9.17, 15) is 9.59 Å². The smallest absolute Gasteiger partial charge is 0.233 e. The summed E-state index contributed by atoms with van der Waals surface area (Å²) in [5.41, 5.74) is 1.15. The fraction of sp³-hybridized carbons (Fsp3) is 0.176. The second-order valence-corrected chi connectivity index (χ2v) is 5.77. The van der Waals surface area contributed by atoms with Crippen LogP contribution in [-0.4, -0.2) is 26.0 Å². The first-order valence-electron chi connectivity index (χ1n) is 7.09. The third-order valence-corrected chi connectivity index (χ3v) is 3.65. The molecule has 0 radical (unpaired) electrons. The van der Waals surface area contributed by atoms with Crippen molar-refractivity contribution < 1.29 is 19.1 Å². The van der Waals surface area contributed by atoms with Gasteiger partial charge in [-0.25, -0.2) is 0 Å². The van der Waals surface area contributed by atoms with E-state index >= 15 is 0 Å². The molecule has 0 fully saturated rings. The zero-order valence-electron chi connectivity index (χ0n) is 13.3. The Bertz CT molecular complexity index is 732. The van der Waals surface area contributed by atoms with Crippen LogP contribution in [0.4, 0.5) is 11.4 Å². The van der Waals surface area contributed by atoms with Crippen molar-refractivity contribution >= 4 is 39.1 Å². The van der Waals surface area contributed by atoms with Crippen LogP contribution in [0.5, 0.6) is 11.5 Å². The lowest BCUT2D eigenvalue weighted by Gasteiger charge is -2.10. The SMILES string of the molecule is COc1ccc(NC(=O)CC(=O)Nc2ccc(Br)cc2)cc1OC. The molecule has 0 spiro atoms. The van der Waals surface area contributed by atoms with E-state index in [0.29, 0.717) is 22.9 Å². The molecule has 7 heteroatoms. The topological polar surface area (TPSA) is 76.7 Å². The van der Waals surface area contributed by atoms with Crippen molar-refractivity contribution in [1.82, 2.24) is 0 Å². The Hall–Kier alpha value is -2.54. The summed E-state index contributed by atoms with van der Waals surface area (Å²) in [6.45, 7) is 0. The Morgan fingerprint density at radius 2 is 1.42 bits per heavy atom. The van der Waals surface area contributed by atoms with Crippen LogP contribution in [0, 0.1) is 0 Å². The maximum absolute atomic E-state index is 12.0. The Morgan fingerprint density at radius 1 is 0.875 bits per heavy atom. The first kappa shape index (κ1) is 17.8. The molecule has 0 saturated carbocycles. The number of carbonyl (C=O) groups is 2. The number of hydrogen-bond donors (Lipinski definition) is 2. The lowest BCUT2D eigenvalue weighted by atomic mass is 10.2. The first-order chi connectivity index (χ1) is 11.5. The summed E-state index contributed by atoms with van der Waals surface area (Å²) in [5, 5.41) is 5.31. The van der Waals surface area contributed by atoms with Crippen LogP contribution in [0.15, 0.2) is 46.9 Å². The van der Waals surface area contributed by atoms with E-state index in [0.717, 1.165) is 4.47 Å². The van der Waals surface area contributed by atoms with Crippen LogP contribution in [0.25, 0.3) is 0 Å². The summed E-state index contributed by atoms with van der Waals surface area (Å²) in [5.74, 6) is 0.241. The van der Waals surface area contributed by atoms with E-state index in [4.69, 9.17) is 9.47 Å². The van der Waals surface area contributed by atoms with Gasteiger partial charge in [0.15, 0.2) is 11.5 Å². The zero-order chi connectivity index (χ0) is 17.5. The minimum atomic E-state index is -0.420. The first-order valence-corrected chi connectivity index (χ1v) is 7.88. The van der Waals surface area contributed by atoms with Gasteiger partial charge in [0.05, 0.1) is 14.2 Å². The molecule has 0 aliphatic rings. The standard InChI is InChI=1S/C17H17BrN2O4/c1-23-14-8-7-13(9-15(14)24-2)20-17(22)10-16(21)19-12-5-3-11(18)4-6-12/h3-9H,10H2,1-2H3,(H,19,21)(H,20,22). The predicted molar refractivity (Wildman–Crippen MR) is 95.6 cm³/mol. The van der Waals surface area contributed by atoms with Crippen LogP contribution in [-0.2, 0) is 9.59 Å². The number of anilines is 2. The van der Waals surface area contributed by atoms with Gasteiger partial charge in [0.1, 0.15) is 6.42 Å². The van der Waals surface area contributed by atoms with Crippen molar-refractivity contribution in [3.05, 3.63) is 46.9 Å². The normalized spacial score (nSPS) is 9.96. The van der Waals surface area contributed by atoms with Gasteiger partial charge in [-0.2, -0.15) is 0 Å². The van der Waals surface area contributed by atoms with Crippen molar-refractivity contribution in [3.63, 3.8) is 0 Å². The molecular weight excluding hydrogens is 376 g/mol. The average molecular weight is 393 g/mol. The van der Waals surface area contributed by atoms with Crippen molar-refractivity contribution in [2.24, 2.45) is 0 Å².